The van der Waals surface area contributed by atoms with Crippen LogP contribution >= 0.6 is 0 Å². The lowest BCUT2D eigenvalue weighted by atomic mass is 9.57. The molecule has 3 amide bonds. The molecule has 0 radical (unpaired) electrons. The minimum absolute atomic E-state index is 0.0212. The molecule has 0 aromatic heterocycles. The van der Waals surface area contributed by atoms with Gasteiger partial charge >= 0.3 is 12.2 Å². The first-order chi connectivity index (χ1) is 24.7. The molecule has 3 aromatic carbocycles. The van der Waals surface area contributed by atoms with Crippen LogP contribution in [0.2, 0.25) is 0 Å². The Balaban J connectivity index is 1.38. The molecule has 52 heavy (non-hydrogen) atoms. The molecule has 6 rings (SSSR count). The van der Waals surface area contributed by atoms with Gasteiger partial charge in [-0.2, -0.15) is 5.01 Å². The molecule has 15 heteroatoms. The first-order valence-electron chi connectivity index (χ1n) is 16.2. The number of anilines is 1. The predicted molar refractivity (Wildman–Crippen MR) is 183 cm³/mol. The van der Waals surface area contributed by atoms with Crippen LogP contribution in [0.3, 0.4) is 0 Å². The molecular formula is C37H36N4O11. The summed E-state index contributed by atoms with van der Waals surface area (Å²) >= 11 is 0. The number of aliphatic hydroxyl groups is 3. The second-order valence-electron chi connectivity index (χ2n) is 13.0. The van der Waals surface area contributed by atoms with Gasteiger partial charge in [0.1, 0.15) is 36.0 Å². The van der Waals surface area contributed by atoms with Gasteiger partial charge in [-0.05, 0) is 55.6 Å². The van der Waals surface area contributed by atoms with Crippen molar-refractivity contribution in [2.45, 2.75) is 37.7 Å². The largest absolute Gasteiger partial charge is 0.508 e. The van der Waals surface area contributed by atoms with Crippen molar-refractivity contribution in [3.63, 3.8) is 0 Å². The number of ether oxygens (including phenoxy) is 2. The third-order valence-corrected chi connectivity index (χ3v) is 9.62. The van der Waals surface area contributed by atoms with E-state index in [1.807, 2.05) is 0 Å². The van der Waals surface area contributed by atoms with Gasteiger partial charge in [-0.1, -0.05) is 66.7 Å². The molecule has 270 valence electrons. The van der Waals surface area contributed by atoms with E-state index in [-0.39, 0.29) is 42.9 Å². The predicted octanol–water partition coefficient (Wildman–Crippen LogP) is 2.95. The van der Waals surface area contributed by atoms with Gasteiger partial charge in [-0.25, -0.2) is 15.0 Å². The number of aliphatic hydroxyl groups excluding tert-OH is 2. The average Bonchev–Trinajstić information content (AvgIpc) is 3.11. The van der Waals surface area contributed by atoms with Crippen LogP contribution in [0.25, 0.3) is 5.76 Å². The van der Waals surface area contributed by atoms with Crippen molar-refractivity contribution in [3.05, 3.63) is 112 Å². The molecule has 3 aromatic rings. The molecule has 3 aliphatic carbocycles. The van der Waals surface area contributed by atoms with Crippen LogP contribution in [0.4, 0.5) is 15.3 Å². The lowest BCUT2D eigenvalue weighted by Crippen LogP contribution is -2.65. The van der Waals surface area contributed by atoms with Crippen molar-refractivity contribution >= 4 is 41.1 Å². The fourth-order valence-corrected chi connectivity index (χ4v) is 7.22. The number of hydrogen-bond donors (Lipinski definition) is 6. The third kappa shape index (κ3) is 6.09. The van der Waals surface area contributed by atoms with E-state index in [9.17, 15) is 44.4 Å². The van der Waals surface area contributed by atoms with Crippen molar-refractivity contribution in [3.8, 4) is 5.75 Å². The van der Waals surface area contributed by atoms with Gasteiger partial charge in [-0.3, -0.25) is 19.3 Å². The van der Waals surface area contributed by atoms with Crippen LogP contribution in [-0.2, 0) is 43.5 Å². The Morgan fingerprint density at radius 2 is 1.50 bits per heavy atom. The number of ketones is 2. The highest BCUT2D eigenvalue weighted by Gasteiger charge is 2.64. The summed E-state index contributed by atoms with van der Waals surface area (Å²) in [5, 5.41) is 46.8. The Labute approximate surface area is 297 Å². The highest BCUT2D eigenvalue weighted by Crippen LogP contribution is 2.53. The van der Waals surface area contributed by atoms with Gasteiger partial charge in [0.2, 0.25) is 5.78 Å². The third-order valence-electron chi connectivity index (χ3n) is 9.62. The number of hydrogen-bond acceptors (Lipinski definition) is 12. The molecule has 4 atom stereocenters. The summed E-state index contributed by atoms with van der Waals surface area (Å²) in [5.74, 6) is -8.18. The summed E-state index contributed by atoms with van der Waals surface area (Å²) in [4.78, 5) is 67.6. The molecule has 0 bridgehead atoms. The maximum absolute atomic E-state index is 14.2. The standard InChI is InChI=1S/C37H36N4O11/c1-40(2)28-23-16-22-15-21-13-14-24(29(42)25(21)30(43)26(22)32(45)37(23,50)33(46)27(31(28)44)34(38)47)41(36(49)52-18-20-11-7-4-8-12-20)39-35(48)51-17-19-9-5-3-6-10-19/h3-14,22-23,28,42-43,46,50H,15-18H2,1-2H3,(H2,38,47)(H,39,48)/t22-,23-,28-,37-/m0/s1. The van der Waals surface area contributed by atoms with E-state index in [4.69, 9.17) is 15.2 Å². The number of Topliss-reactive ketones (excluding diaryl/α,β-unsaturated/α-hetero) is 2. The number of primary amides is 1. The zero-order valence-electron chi connectivity index (χ0n) is 28.1. The molecule has 0 unspecified atom stereocenters. The van der Waals surface area contributed by atoms with Crippen molar-refractivity contribution < 1.29 is 53.9 Å². The van der Waals surface area contributed by atoms with Gasteiger partial charge in [0.25, 0.3) is 5.91 Å². The number of carbonyl (C=O) groups is 5. The van der Waals surface area contributed by atoms with Crippen LogP contribution in [0.5, 0.6) is 5.75 Å². The lowest BCUT2D eigenvalue weighted by molar-refractivity contribution is -0.153. The van der Waals surface area contributed by atoms with Crippen LogP contribution < -0.4 is 16.2 Å². The van der Waals surface area contributed by atoms with Crippen molar-refractivity contribution in [1.29, 1.82) is 0 Å². The molecular weight excluding hydrogens is 676 g/mol. The fourth-order valence-electron chi connectivity index (χ4n) is 7.22. The molecule has 1 fully saturated rings. The minimum Gasteiger partial charge on any atom is -0.508 e. The topological polar surface area (TPSA) is 229 Å². The fraction of sp³-hybridized carbons (Fsp3) is 0.270. The number of fused-ring (bicyclic) bond motifs is 3. The number of phenolic OH excluding ortho intramolecular Hbond substituents is 1. The van der Waals surface area contributed by atoms with Crippen molar-refractivity contribution in [2.24, 2.45) is 17.6 Å². The van der Waals surface area contributed by atoms with Crippen LogP contribution in [0.15, 0.2) is 89.7 Å². The second kappa shape index (κ2) is 13.8. The van der Waals surface area contributed by atoms with Crippen molar-refractivity contribution in [1.82, 2.24) is 10.3 Å². The number of nitrogens with zero attached hydrogens (tertiary/aromatic N) is 2. The Morgan fingerprint density at radius 3 is 2.08 bits per heavy atom. The summed E-state index contributed by atoms with van der Waals surface area (Å²) in [6, 6.07) is 18.9. The zero-order valence-corrected chi connectivity index (χ0v) is 28.1. The van der Waals surface area contributed by atoms with E-state index < -0.39 is 76.0 Å². The SMILES string of the molecule is CN(C)[C@@H]1C(=O)C(C(N)=O)=C(O)[C@@]2(O)C(=O)C3=C(O)c4c(ccc(N(NC(=O)OCc5ccccc5)C(=O)OCc5ccccc5)c4O)C[C@H]3C[C@@H]12. The maximum Gasteiger partial charge on any atom is 0.434 e. The Hall–Kier alpha value is -6.19. The molecule has 3 aliphatic rings. The molecule has 0 spiro atoms. The number of hydrazine groups is 1. The average molecular weight is 713 g/mol. The zero-order chi connectivity index (χ0) is 37.5. The minimum atomic E-state index is -2.82. The number of aromatic hydroxyl groups is 1. The Kier molecular flexibility index (Phi) is 9.49. The van der Waals surface area contributed by atoms with Gasteiger partial charge in [-0.15, -0.1) is 0 Å². The monoisotopic (exact) mass is 712 g/mol. The van der Waals surface area contributed by atoms with Crippen LogP contribution in [0.1, 0.15) is 28.7 Å². The lowest BCUT2D eigenvalue weighted by Gasteiger charge is -2.50. The molecule has 7 N–H and O–H groups in total. The van der Waals surface area contributed by atoms with Gasteiger partial charge < -0.3 is 35.6 Å². The number of nitrogens with one attached hydrogen (secondary N) is 1. The second-order valence-corrected chi connectivity index (χ2v) is 13.0. The summed E-state index contributed by atoms with van der Waals surface area (Å²) in [7, 11) is 3.02. The van der Waals surface area contributed by atoms with E-state index >= 15 is 0 Å². The Bertz CT molecular complexity index is 2030. The highest BCUT2D eigenvalue weighted by atomic mass is 16.6. The quantitative estimate of drug-likeness (QED) is 0.153. The van der Waals surface area contributed by atoms with Gasteiger partial charge in [0.05, 0.1) is 11.6 Å². The first-order valence-corrected chi connectivity index (χ1v) is 16.2. The van der Waals surface area contributed by atoms with E-state index in [2.05, 4.69) is 5.43 Å². The molecule has 0 heterocycles. The first kappa shape index (κ1) is 35.6. The molecule has 15 nitrogen and oxygen atoms in total. The van der Waals surface area contributed by atoms with E-state index in [0.29, 0.717) is 21.7 Å². The number of rotatable bonds is 7. The highest BCUT2D eigenvalue weighted by molar-refractivity contribution is 6.24. The normalized spacial score (nSPS) is 22.3. The smallest absolute Gasteiger partial charge is 0.434 e. The summed E-state index contributed by atoms with van der Waals surface area (Å²) in [6.07, 6.45) is -2.31. The van der Waals surface area contributed by atoms with E-state index in [1.54, 1.807) is 60.7 Å². The van der Waals surface area contributed by atoms with E-state index in [1.165, 1.54) is 31.1 Å². The molecule has 0 saturated heterocycles. The Morgan fingerprint density at radius 1 is 0.904 bits per heavy atom. The van der Waals surface area contributed by atoms with E-state index in [0.717, 1.165) is 0 Å². The number of nitrogens with two attached hydrogens (primary N) is 1. The number of benzene rings is 3. The number of phenols is 1. The molecule has 1 saturated carbocycles. The van der Waals surface area contributed by atoms with Crippen LogP contribution in [0, 0.1) is 11.8 Å². The number of carbonyl (C=O) groups excluding carboxylic acids is 5. The maximum atomic E-state index is 14.2. The van der Waals surface area contributed by atoms with Crippen LogP contribution in [-0.4, -0.2) is 80.7 Å². The van der Waals surface area contributed by atoms with Gasteiger partial charge in [0.15, 0.2) is 17.1 Å². The number of likely N-dealkylation sites (N-methyl/N-ethyl adjacent to an activating group) is 1. The summed E-state index contributed by atoms with van der Waals surface area (Å²) in [6.45, 7) is -0.371. The van der Waals surface area contributed by atoms with Gasteiger partial charge in [0, 0.05) is 11.5 Å². The molecule has 0 aliphatic heterocycles. The summed E-state index contributed by atoms with van der Waals surface area (Å²) in [5.41, 5.74) is 4.46. The number of amides is 3. The van der Waals surface area contributed by atoms with Crippen molar-refractivity contribution in [2.75, 3.05) is 19.1 Å². The summed E-state index contributed by atoms with van der Waals surface area (Å²) < 4.78 is 10.7.